The number of carboxylic acid groups (broad SMARTS) is 1. The van der Waals surface area contributed by atoms with Gasteiger partial charge in [-0.05, 0) is 29.7 Å². The number of aromatic nitrogens is 1. The number of rotatable bonds is 3. The lowest BCUT2D eigenvalue weighted by molar-refractivity contribution is -0.135. The van der Waals surface area contributed by atoms with Crippen molar-refractivity contribution in [2.75, 3.05) is 24.2 Å². The van der Waals surface area contributed by atoms with Crippen LogP contribution < -0.4 is 10.6 Å². The number of nitrogens with zero attached hydrogens (tertiary/aromatic N) is 2. The molecule has 3 N–H and O–H groups in total. The van der Waals surface area contributed by atoms with E-state index in [2.05, 4.69) is 4.98 Å². The lowest BCUT2D eigenvalue weighted by atomic mass is 10.1. The molecule has 17 heavy (non-hydrogen) atoms. The third-order valence-electron chi connectivity index (χ3n) is 2.50. The molecule has 0 atom stereocenters. The Labute approximate surface area is 98.5 Å². The zero-order valence-electron chi connectivity index (χ0n) is 9.42. The van der Waals surface area contributed by atoms with Gasteiger partial charge in [-0.15, -0.1) is 0 Å². The summed E-state index contributed by atoms with van der Waals surface area (Å²) >= 11 is 0. The summed E-state index contributed by atoms with van der Waals surface area (Å²) in [7, 11) is 1.70. The lowest BCUT2D eigenvalue weighted by Gasteiger charge is -2.17. The van der Waals surface area contributed by atoms with Gasteiger partial charge in [0.25, 0.3) is 0 Å². The van der Waals surface area contributed by atoms with Gasteiger partial charge in [0.2, 0.25) is 0 Å². The molecule has 88 valence electrons. The number of aliphatic carboxylic acids is 1. The zero-order valence-corrected chi connectivity index (χ0v) is 9.42. The molecule has 0 fully saturated rings. The highest BCUT2D eigenvalue weighted by atomic mass is 16.4. The van der Waals surface area contributed by atoms with Crippen molar-refractivity contribution in [2.24, 2.45) is 0 Å². The molecule has 0 saturated carbocycles. The Hall–Kier alpha value is -2.30. The maximum Gasteiger partial charge on any atom is 0.323 e. The van der Waals surface area contributed by atoms with Crippen LogP contribution in [0.4, 0.5) is 11.5 Å². The molecule has 2 aromatic rings. The first-order valence-electron chi connectivity index (χ1n) is 5.15. The highest BCUT2D eigenvalue weighted by molar-refractivity contribution is 5.94. The molecule has 1 heterocycles. The molecule has 5 nitrogen and oxygen atoms in total. The van der Waals surface area contributed by atoms with Crippen LogP contribution in [-0.2, 0) is 4.79 Å². The van der Waals surface area contributed by atoms with E-state index in [4.69, 9.17) is 10.8 Å². The topological polar surface area (TPSA) is 79.5 Å². The van der Waals surface area contributed by atoms with Crippen LogP contribution in [0.15, 0.2) is 30.5 Å². The Bertz CT molecular complexity index is 569. The molecule has 1 aromatic carbocycles. The van der Waals surface area contributed by atoms with Crippen LogP contribution in [0.3, 0.4) is 0 Å². The summed E-state index contributed by atoms with van der Waals surface area (Å²) in [5.74, 6) is -0.244. The quantitative estimate of drug-likeness (QED) is 0.779. The molecule has 1 aromatic heterocycles. The van der Waals surface area contributed by atoms with Crippen molar-refractivity contribution in [1.29, 1.82) is 0 Å². The molecule has 0 amide bonds. The van der Waals surface area contributed by atoms with Crippen molar-refractivity contribution in [2.45, 2.75) is 0 Å². The predicted molar refractivity (Wildman–Crippen MR) is 67.1 cm³/mol. The number of likely N-dealkylation sites (N-methyl/N-ethyl adjacent to an activating group) is 1. The van der Waals surface area contributed by atoms with Gasteiger partial charge in [-0.25, -0.2) is 4.98 Å². The molecule has 5 heteroatoms. The maximum absolute atomic E-state index is 10.7. The first-order valence-corrected chi connectivity index (χ1v) is 5.15. The van der Waals surface area contributed by atoms with E-state index in [0.29, 0.717) is 11.5 Å². The summed E-state index contributed by atoms with van der Waals surface area (Å²) < 4.78 is 0. The Kier molecular flexibility index (Phi) is 2.82. The highest BCUT2D eigenvalue weighted by Gasteiger charge is 2.10. The summed E-state index contributed by atoms with van der Waals surface area (Å²) in [4.78, 5) is 16.5. The maximum atomic E-state index is 10.7. The average molecular weight is 231 g/mol. The number of nitrogens with two attached hydrogens (primary N) is 1. The number of hydrogen-bond acceptors (Lipinski definition) is 4. The van der Waals surface area contributed by atoms with E-state index >= 15 is 0 Å². The van der Waals surface area contributed by atoms with E-state index in [1.54, 1.807) is 24.2 Å². The predicted octanol–water partition coefficient (Wildman–Crippen LogP) is 1.34. The van der Waals surface area contributed by atoms with Crippen molar-refractivity contribution in [3.05, 3.63) is 30.5 Å². The van der Waals surface area contributed by atoms with Crippen LogP contribution in [0.25, 0.3) is 10.8 Å². The van der Waals surface area contributed by atoms with Gasteiger partial charge in [0.1, 0.15) is 12.4 Å². The van der Waals surface area contributed by atoms with Gasteiger partial charge >= 0.3 is 5.97 Å². The van der Waals surface area contributed by atoms with Gasteiger partial charge < -0.3 is 15.7 Å². The smallest absolute Gasteiger partial charge is 0.323 e. The van der Waals surface area contributed by atoms with Gasteiger partial charge in [-0.1, -0.05) is 0 Å². The first kappa shape index (κ1) is 11.2. The van der Waals surface area contributed by atoms with Gasteiger partial charge in [-0.3, -0.25) is 4.79 Å². The molecule has 0 bridgehead atoms. The van der Waals surface area contributed by atoms with Gasteiger partial charge in [0, 0.05) is 24.3 Å². The van der Waals surface area contributed by atoms with E-state index in [9.17, 15) is 4.79 Å². The second kappa shape index (κ2) is 4.29. The average Bonchev–Trinajstić information content (AvgIpc) is 2.26. The van der Waals surface area contributed by atoms with Crippen LogP contribution in [0.1, 0.15) is 0 Å². The fourth-order valence-corrected chi connectivity index (χ4v) is 1.76. The molecule has 0 aliphatic heterocycles. The number of fused-ring (bicyclic) bond motifs is 1. The summed E-state index contributed by atoms with van der Waals surface area (Å²) in [5.41, 5.74) is 6.38. The molecular formula is C12H13N3O2. The van der Waals surface area contributed by atoms with Crippen molar-refractivity contribution >= 4 is 28.2 Å². The number of carbonyl (C=O) groups is 1. The lowest BCUT2D eigenvalue weighted by Crippen LogP contribution is -2.26. The van der Waals surface area contributed by atoms with Gasteiger partial charge in [0.05, 0.1) is 0 Å². The van der Waals surface area contributed by atoms with Crippen LogP contribution in [0.2, 0.25) is 0 Å². The molecule has 0 spiro atoms. The van der Waals surface area contributed by atoms with Crippen LogP contribution >= 0.6 is 0 Å². The standard InChI is InChI=1S/C12H13N3O2/c1-15(7-11(16)17)12-10-3-2-9(13)6-8(10)4-5-14-12/h2-6H,7,13H2,1H3,(H,16,17). The molecule has 0 aliphatic rings. The monoisotopic (exact) mass is 231 g/mol. The second-order valence-electron chi connectivity index (χ2n) is 3.86. The molecule has 2 rings (SSSR count). The minimum absolute atomic E-state index is 0.0868. The fourth-order valence-electron chi connectivity index (χ4n) is 1.76. The Morgan fingerprint density at radius 3 is 2.94 bits per heavy atom. The van der Waals surface area contributed by atoms with Crippen LogP contribution in [-0.4, -0.2) is 29.7 Å². The van der Waals surface area contributed by atoms with E-state index in [-0.39, 0.29) is 6.54 Å². The molecule has 0 radical (unpaired) electrons. The minimum atomic E-state index is -0.887. The zero-order chi connectivity index (χ0) is 12.4. The molecule has 0 saturated heterocycles. The number of benzene rings is 1. The van der Waals surface area contributed by atoms with Crippen molar-refractivity contribution in [1.82, 2.24) is 4.98 Å². The minimum Gasteiger partial charge on any atom is -0.480 e. The van der Waals surface area contributed by atoms with Crippen LogP contribution in [0.5, 0.6) is 0 Å². The molecule has 0 aliphatic carbocycles. The van der Waals surface area contributed by atoms with Crippen molar-refractivity contribution in [3.8, 4) is 0 Å². The Morgan fingerprint density at radius 2 is 2.24 bits per heavy atom. The Balaban J connectivity index is 2.50. The molecule has 0 unspecified atom stereocenters. The number of anilines is 2. The van der Waals surface area contributed by atoms with Crippen LogP contribution in [0, 0.1) is 0 Å². The van der Waals surface area contributed by atoms with E-state index in [1.807, 2.05) is 18.2 Å². The summed E-state index contributed by atoms with van der Waals surface area (Å²) in [6.45, 7) is -0.0868. The summed E-state index contributed by atoms with van der Waals surface area (Å²) in [6, 6.07) is 7.33. The highest BCUT2D eigenvalue weighted by Crippen LogP contribution is 2.25. The number of pyridine rings is 1. The summed E-state index contributed by atoms with van der Waals surface area (Å²) in [5, 5.41) is 10.6. The number of hydrogen-bond donors (Lipinski definition) is 2. The third-order valence-corrected chi connectivity index (χ3v) is 2.50. The summed E-state index contributed by atoms with van der Waals surface area (Å²) in [6.07, 6.45) is 1.65. The van der Waals surface area contributed by atoms with Gasteiger partial charge in [0.15, 0.2) is 0 Å². The second-order valence-corrected chi connectivity index (χ2v) is 3.86. The fraction of sp³-hybridized carbons (Fsp3) is 0.167. The third kappa shape index (κ3) is 2.28. The van der Waals surface area contributed by atoms with E-state index in [0.717, 1.165) is 10.8 Å². The largest absolute Gasteiger partial charge is 0.480 e. The SMILES string of the molecule is CN(CC(=O)O)c1nccc2cc(N)ccc12. The molecular weight excluding hydrogens is 218 g/mol. The van der Waals surface area contributed by atoms with E-state index < -0.39 is 5.97 Å². The van der Waals surface area contributed by atoms with Crippen molar-refractivity contribution in [3.63, 3.8) is 0 Å². The normalized spacial score (nSPS) is 10.4. The number of carboxylic acids is 1. The van der Waals surface area contributed by atoms with Gasteiger partial charge in [-0.2, -0.15) is 0 Å². The number of nitrogen functional groups attached to an aromatic ring is 1. The Morgan fingerprint density at radius 1 is 1.47 bits per heavy atom. The van der Waals surface area contributed by atoms with E-state index in [1.165, 1.54) is 0 Å². The van der Waals surface area contributed by atoms with Crippen molar-refractivity contribution < 1.29 is 9.90 Å². The first-order chi connectivity index (χ1) is 8.08.